The summed E-state index contributed by atoms with van der Waals surface area (Å²) in [5.74, 6) is -2.46. The molecule has 0 heterocycles. The van der Waals surface area contributed by atoms with Gasteiger partial charge in [-0.2, -0.15) is 0 Å². The van der Waals surface area contributed by atoms with Crippen LogP contribution in [0.5, 0.6) is 0 Å². The minimum Gasteiger partial charge on any atom is -0.481 e. The summed E-state index contributed by atoms with van der Waals surface area (Å²) < 4.78 is 5.08. The van der Waals surface area contributed by atoms with Gasteiger partial charge in [0, 0.05) is 0 Å². The van der Waals surface area contributed by atoms with Crippen LogP contribution in [0.25, 0.3) is 0 Å². The van der Waals surface area contributed by atoms with Crippen LogP contribution in [0, 0.1) is 11.8 Å². The van der Waals surface area contributed by atoms with Crippen molar-refractivity contribution in [3.63, 3.8) is 0 Å². The van der Waals surface area contributed by atoms with E-state index in [-0.39, 0.29) is 5.92 Å². The Kier molecular flexibility index (Phi) is 5.61. The van der Waals surface area contributed by atoms with Gasteiger partial charge in [0.1, 0.15) is 11.6 Å². The van der Waals surface area contributed by atoms with Crippen LogP contribution in [0.2, 0.25) is 0 Å². The fourth-order valence-corrected chi connectivity index (χ4v) is 1.44. The van der Waals surface area contributed by atoms with Crippen molar-refractivity contribution in [2.75, 3.05) is 0 Å². The SMILES string of the molecule is CC(C)C[C@@H](C(=O)O)[C@@H](N)C(=O)OC(C)(C)C. The van der Waals surface area contributed by atoms with E-state index in [1.165, 1.54) is 0 Å². The highest BCUT2D eigenvalue weighted by molar-refractivity contribution is 5.83. The maximum atomic E-state index is 11.7. The molecule has 0 aromatic heterocycles. The van der Waals surface area contributed by atoms with E-state index >= 15 is 0 Å². The Morgan fingerprint density at radius 2 is 1.76 bits per heavy atom. The topological polar surface area (TPSA) is 89.6 Å². The average Bonchev–Trinajstić information content (AvgIpc) is 2.09. The van der Waals surface area contributed by atoms with Gasteiger partial charge in [-0.05, 0) is 33.1 Å². The number of nitrogens with two attached hydrogens (primary N) is 1. The molecule has 0 aliphatic heterocycles. The molecule has 5 heteroatoms. The molecule has 0 aromatic carbocycles. The zero-order valence-corrected chi connectivity index (χ0v) is 11.2. The van der Waals surface area contributed by atoms with Crippen molar-refractivity contribution in [2.24, 2.45) is 17.6 Å². The first-order valence-corrected chi connectivity index (χ1v) is 5.76. The molecule has 0 aliphatic carbocycles. The smallest absolute Gasteiger partial charge is 0.324 e. The Hall–Kier alpha value is -1.10. The number of ether oxygens (including phenoxy) is 1. The van der Waals surface area contributed by atoms with E-state index in [1.807, 2.05) is 13.8 Å². The number of carbonyl (C=O) groups excluding carboxylic acids is 1. The number of hydrogen-bond acceptors (Lipinski definition) is 4. The van der Waals surface area contributed by atoms with Crippen LogP contribution in [0.15, 0.2) is 0 Å². The summed E-state index contributed by atoms with van der Waals surface area (Å²) >= 11 is 0. The van der Waals surface area contributed by atoms with Gasteiger partial charge in [0.05, 0.1) is 5.92 Å². The van der Waals surface area contributed by atoms with Gasteiger partial charge < -0.3 is 15.6 Å². The largest absolute Gasteiger partial charge is 0.481 e. The van der Waals surface area contributed by atoms with Crippen LogP contribution in [0.1, 0.15) is 41.0 Å². The molecule has 0 saturated carbocycles. The van der Waals surface area contributed by atoms with Gasteiger partial charge in [0.15, 0.2) is 0 Å². The first kappa shape index (κ1) is 15.9. The monoisotopic (exact) mass is 245 g/mol. The second-order valence-corrected chi connectivity index (χ2v) is 5.63. The van der Waals surface area contributed by atoms with Gasteiger partial charge in [0.2, 0.25) is 0 Å². The van der Waals surface area contributed by atoms with Crippen molar-refractivity contribution in [2.45, 2.75) is 52.7 Å². The van der Waals surface area contributed by atoms with E-state index in [2.05, 4.69) is 0 Å². The van der Waals surface area contributed by atoms with Crippen LogP contribution in [-0.4, -0.2) is 28.7 Å². The summed E-state index contributed by atoms with van der Waals surface area (Å²) in [4.78, 5) is 22.7. The Labute approximate surface area is 102 Å². The molecule has 100 valence electrons. The Bertz CT molecular complexity index is 281. The van der Waals surface area contributed by atoms with E-state index in [4.69, 9.17) is 15.6 Å². The Morgan fingerprint density at radius 3 is 2.06 bits per heavy atom. The maximum Gasteiger partial charge on any atom is 0.324 e. The predicted molar refractivity (Wildman–Crippen MR) is 64.4 cm³/mol. The molecule has 17 heavy (non-hydrogen) atoms. The quantitative estimate of drug-likeness (QED) is 0.715. The van der Waals surface area contributed by atoms with Crippen molar-refractivity contribution in [1.82, 2.24) is 0 Å². The third kappa shape index (κ3) is 6.26. The average molecular weight is 245 g/mol. The molecule has 0 saturated heterocycles. The lowest BCUT2D eigenvalue weighted by atomic mass is 9.91. The molecule has 0 bridgehead atoms. The molecule has 0 fully saturated rings. The van der Waals surface area contributed by atoms with Crippen LogP contribution < -0.4 is 5.73 Å². The molecule has 0 amide bonds. The first-order valence-electron chi connectivity index (χ1n) is 5.76. The van der Waals surface area contributed by atoms with Crippen molar-refractivity contribution < 1.29 is 19.4 Å². The van der Waals surface area contributed by atoms with E-state index in [0.717, 1.165) is 0 Å². The number of carboxylic acid groups (broad SMARTS) is 1. The lowest BCUT2D eigenvalue weighted by molar-refractivity contribution is -0.162. The van der Waals surface area contributed by atoms with Crippen LogP contribution in [-0.2, 0) is 14.3 Å². The number of rotatable bonds is 5. The lowest BCUT2D eigenvalue weighted by Crippen LogP contribution is -2.45. The van der Waals surface area contributed by atoms with Crippen molar-refractivity contribution in [3.8, 4) is 0 Å². The second-order valence-electron chi connectivity index (χ2n) is 5.63. The molecular formula is C12H23NO4. The molecule has 0 spiro atoms. The standard InChI is InChI=1S/C12H23NO4/c1-7(2)6-8(10(14)15)9(13)11(16)17-12(3,4)5/h7-9H,6,13H2,1-5H3,(H,14,15)/t8-,9-/m1/s1. The summed E-state index contributed by atoms with van der Waals surface area (Å²) in [6.07, 6.45) is 0.357. The number of esters is 1. The van der Waals surface area contributed by atoms with Crippen LogP contribution in [0.4, 0.5) is 0 Å². The fraction of sp³-hybridized carbons (Fsp3) is 0.833. The fourth-order valence-electron chi connectivity index (χ4n) is 1.44. The number of carboxylic acids is 1. The van der Waals surface area contributed by atoms with Gasteiger partial charge in [-0.25, -0.2) is 0 Å². The van der Waals surface area contributed by atoms with Gasteiger partial charge in [-0.15, -0.1) is 0 Å². The zero-order chi connectivity index (χ0) is 13.8. The predicted octanol–water partition coefficient (Wildman–Crippen LogP) is 1.40. The minimum absolute atomic E-state index is 0.157. The summed E-state index contributed by atoms with van der Waals surface area (Å²) in [5, 5.41) is 9.05. The third-order valence-electron chi connectivity index (χ3n) is 2.15. The van der Waals surface area contributed by atoms with Gasteiger partial charge >= 0.3 is 11.9 Å². The van der Waals surface area contributed by atoms with Gasteiger partial charge in [-0.3, -0.25) is 9.59 Å². The molecule has 0 radical (unpaired) electrons. The van der Waals surface area contributed by atoms with Gasteiger partial charge in [0.25, 0.3) is 0 Å². The van der Waals surface area contributed by atoms with E-state index < -0.39 is 29.5 Å². The van der Waals surface area contributed by atoms with Crippen molar-refractivity contribution in [1.29, 1.82) is 0 Å². The summed E-state index contributed by atoms with van der Waals surface area (Å²) in [6, 6.07) is -1.12. The molecule has 3 N–H and O–H groups in total. The number of aliphatic carboxylic acids is 1. The lowest BCUT2D eigenvalue weighted by Gasteiger charge is -2.25. The molecule has 0 rings (SSSR count). The minimum atomic E-state index is -1.12. The molecule has 0 aromatic rings. The number of hydrogen-bond donors (Lipinski definition) is 2. The van der Waals surface area contributed by atoms with E-state index in [9.17, 15) is 9.59 Å². The Balaban J connectivity index is 4.67. The summed E-state index contributed by atoms with van der Waals surface area (Å²) in [6.45, 7) is 8.93. The summed E-state index contributed by atoms with van der Waals surface area (Å²) in [5.41, 5.74) is 5.01. The number of carbonyl (C=O) groups is 2. The highest BCUT2D eigenvalue weighted by Gasteiger charge is 2.34. The van der Waals surface area contributed by atoms with Crippen molar-refractivity contribution in [3.05, 3.63) is 0 Å². The van der Waals surface area contributed by atoms with Crippen molar-refractivity contribution >= 4 is 11.9 Å². The molecule has 5 nitrogen and oxygen atoms in total. The molecule has 0 unspecified atom stereocenters. The summed E-state index contributed by atoms with van der Waals surface area (Å²) in [7, 11) is 0. The van der Waals surface area contributed by atoms with Crippen LogP contribution >= 0.6 is 0 Å². The van der Waals surface area contributed by atoms with E-state index in [1.54, 1.807) is 20.8 Å². The zero-order valence-electron chi connectivity index (χ0n) is 11.2. The third-order valence-corrected chi connectivity index (χ3v) is 2.15. The molecular weight excluding hydrogens is 222 g/mol. The highest BCUT2D eigenvalue weighted by Crippen LogP contribution is 2.18. The van der Waals surface area contributed by atoms with Gasteiger partial charge in [-0.1, -0.05) is 13.8 Å². The Morgan fingerprint density at radius 1 is 1.29 bits per heavy atom. The molecule has 0 aliphatic rings. The van der Waals surface area contributed by atoms with Crippen LogP contribution in [0.3, 0.4) is 0 Å². The second kappa shape index (κ2) is 6.00. The van der Waals surface area contributed by atoms with E-state index in [0.29, 0.717) is 6.42 Å². The highest BCUT2D eigenvalue weighted by atomic mass is 16.6. The first-order chi connectivity index (χ1) is 7.54. The molecule has 2 atom stereocenters. The maximum absolute atomic E-state index is 11.7. The normalized spacial score (nSPS) is 15.5.